The average molecular weight is 367 g/mol. The molecule has 1 N–H and O–H groups in total. The summed E-state index contributed by atoms with van der Waals surface area (Å²) >= 11 is 0. The molecule has 1 aliphatic heterocycles. The minimum atomic E-state index is -0.529. The zero-order valence-corrected chi connectivity index (χ0v) is 16.4. The number of rotatable bonds is 11. The Bertz CT molecular complexity index is 531. The number of nitrogens with zero attached hydrogens (tertiary/aromatic N) is 1. The van der Waals surface area contributed by atoms with Crippen LogP contribution in [-0.2, 0) is 16.0 Å². The molecule has 1 heterocycles. The fourth-order valence-corrected chi connectivity index (χ4v) is 3.17. The predicted molar refractivity (Wildman–Crippen MR) is 101 cm³/mol. The van der Waals surface area contributed by atoms with Gasteiger partial charge in [-0.25, -0.2) is 0 Å². The summed E-state index contributed by atoms with van der Waals surface area (Å²) in [4.78, 5) is 2.23. The van der Waals surface area contributed by atoms with Gasteiger partial charge < -0.3 is 24.1 Å². The van der Waals surface area contributed by atoms with Crippen molar-refractivity contribution >= 4 is 0 Å². The van der Waals surface area contributed by atoms with Gasteiger partial charge in [0.2, 0.25) is 0 Å². The summed E-state index contributed by atoms with van der Waals surface area (Å²) in [7, 11) is 3.27. The monoisotopic (exact) mass is 367 g/mol. The lowest BCUT2D eigenvalue weighted by Gasteiger charge is -2.28. The summed E-state index contributed by atoms with van der Waals surface area (Å²) in [5, 5.41) is 10.4. The highest BCUT2D eigenvalue weighted by atomic mass is 16.5. The molecule has 0 unspecified atom stereocenters. The minimum absolute atomic E-state index is 0.113. The second-order valence-electron chi connectivity index (χ2n) is 7.05. The van der Waals surface area contributed by atoms with Crippen LogP contribution in [0, 0.1) is 0 Å². The minimum Gasteiger partial charge on any atom is -0.493 e. The molecule has 6 heteroatoms. The predicted octanol–water partition coefficient (Wildman–Crippen LogP) is 2.47. The second-order valence-corrected chi connectivity index (χ2v) is 7.05. The summed E-state index contributed by atoms with van der Waals surface area (Å²) in [6.45, 7) is 7.16. The standard InChI is InChI=1S/C20H33NO5/c1-15(2)26-14-17(22)12-21(13-18-6-5-9-25-18)11-16-7-8-19(23-3)20(10-16)24-4/h7-8,10,15,17-18,22H,5-6,9,11-14H2,1-4H3/t17-,18+/m0/s1. The first-order valence-electron chi connectivity index (χ1n) is 9.36. The third kappa shape index (κ3) is 6.76. The zero-order chi connectivity index (χ0) is 18.9. The highest BCUT2D eigenvalue weighted by molar-refractivity contribution is 5.42. The van der Waals surface area contributed by atoms with Crippen molar-refractivity contribution in [1.29, 1.82) is 0 Å². The Morgan fingerprint density at radius 3 is 2.62 bits per heavy atom. The highest BCUT2D eigenvalue weighted by Gasteiger charge is 2.22. The van der Waals surface area contributed by atoms with Gasteiger partial charge in [-0.1, -0.05) is 6.07 Å². The molecule has 0 spiro atoms. The van der Waals surface area contributed by atoms with Crippen molar-refractivity contribution < 1.29 is 24.1 Å². The Morgan fingerprint density at radius 1 is 1.23 bits per heavy atom. The molecule has 0 aliphatic carbocycles. The first kappa shape index (κ1) is 21.0. The molecule has 0 aromatic heterocycles. The van der Waals surface area contributed by atoms with E-state index in [1.807, 2.05) is 32.0 Å². The maximum atomic E-state index is 10.4. The molecule has 0 radical (unpaired) electrons. The number of benzene rings is 1. The molecule has 1 aromatic carbocycles. The van der Waals surface area contributed by atoms with E-state index in [0.717, 1.165) is 31.6 Å². The lowest BCUT2D eigenvalue weighted by Crippen LogP contribution is -2.39. The van der Waals surface area contributed by atoms with E-state index in [1.165, 1.54) is 0 Å². The molecule has 2 rings (SSSR count). The van der Waals surface area contributed by atoms with Crippen molar-refractivity contribution in [3.05, 3.63) is 23.8 Å². The van der Waals surface area contributed by atoms with E-state index < -0.39 is 6.10 Å². The van der Waals surface area contributed by atoms with Crippen LogP contribution >= 0.6 is 0 Å². The summed E-state index contributed by atoms with van der Waals surface area (Å²) in [6.07, 6.45) is 1.99. The van der Waals surface area contributed by atoms with Gasteiger partial charge >= 0.3 is 0 Å². The van der Waals surface area contributed by atoms with Crippen molar-refractivity contribution in [1.82, 2.24) is 4.90 Å². The van der Waals surface area contributed by atoms with E-state index in [9.17, 15) is 5.11 Å². The van der Waals surface area contributed by atoms with Gasteiger partial charge in [0.1, 0.15) is 0 Å². The molecule has 0 bridgehead atoms. The molecule has 2 atom stereocenters. The Hall–Kier alpha value is -1.34. The van der Waals surface area contributed by atoms with Gasteiger partial charge in [0, 0.05) is 26.2 Å². The smallest absolute Gasteiger partial charge is 0.161 e. The van der Waals surface area contributed by atoms with Gasteiger partial charge in [0.15, 0.2) is 11.5 Å². The van der Waals surface area contributed by atoms with Gasteiger partial charge in [-0.15, -0.1) is 0 Å². The summed E-state index contributed by atoms with van der Waals surface area (Å²) in [5.74, 6) is 1.43. The van der Waals surface area contributed by atoms with Crippen LogP contribution in [0.5, 0.6) is 11.5 Å². The average Bonchev–Trinajstić information content (AvgIpc) is 3.12. The Morgan fingerprint density at radius 2 is 2.00 bits per heavy atom. The molecule has 6 nitrogen and oxygen atoms in total. The lowest BCUT2D eigenvalue weighted by molar-refractivity contribution is -0.0172. The van der Waals surface area contributed by atoms with Crippen LogP contribution in [0.1, 0.15) is 32.3 Å². The van der Waals surface area contributed by atoms with E-state index in [1.54, 1.807) is 14.2 Å². The van der Waals surface area contributed by atoms with Crippen molar-refractivity contribution in [2.75, 3.05) is 40.5 Å². The fourth-order valence-electron chi connectivity index (χ4n) is 3.17. The van der Waals surface area contributed by atoms with Crippen molar-refractivity contribution in [3.63, 3.8) is 0 Å². The highest BCUT2D eigenvalue weighted by Crippen LogP contribution is 2.28. The molecule has 148 valence electrons. The van der Waals surface area contributed by atoms with E-state index in [0.29, 0.717) is 31.2 Å². The van der Waals surface area contributed by atoms with E-state index in [2.05, 4.69) is 4.90 Å². The Labute approximate surface area is 157 Å². The van der Waals surface area contributed by atoms with E-state index in [-0.39, 0.29) is 12.2 Å². The van der Waals surface area contributed by atoms with E-state index in [4.69, 9.17) is 18.9 Å². The Kier molecular flexibility index (Phi) is 8.65. The SMILES string of the molecule is COc1ccc(CN(C[C@H](O)COC(C)C)C[C@H]2CCCO2)cc1OC. The molecule has 1 fully saturated rings. The largest absolute Gasteiger partial charge is 0.493 e. The quantitative estimate of drug-likeness (QED) is 0.648. The van der Waals surface area contributed by atoms with Gasteiger partial charge in [-0.05, 0) is 44.4 Å². The van der Waals surface area contributed by atoms with Crippen molar-refractivity contribution in [2.24, 2.45) is 0 Å². The van der Waals surface area contributed by atoms with Crippen LogP contribution < -0.4 is 9.47 Å². The van der Waals surface area contributed by atoms with Crippen LogP contribution in [0.2, 0.25) is 0 Å². The molecule has 0 saturated carbocycles. The number of methoxy groups -OCH3 is 2. The van der Waals surface area contributed by atoms with Crippen molar-refractivity contribution in [3.8, 4) is 11.5 Å². The van der Waals surface area contributed by atoms with Crippen LogP contribution in [0.4, 0.5) is 0 Å². The third-order valence-electron chi connectivity index (χ3n) is 4.43. The normalized spacial score (nSPS) is 18.5. The molecular formula is C20H33NO5. The van der Waals surface area contributed by atoms with E-state index >= 15 is 0 Å². The number of hydrogen-bond donors (Lipinski definition) is 1. The molecule has 1 saturated heterocycles. The number of aliphatic hydroxyl groups excluding tert-OH is 1. The number of hydrogen-bond acceptors (Lipinski definition) is 6. The summed E-state index contributed by atoms with van der Waals surface area (Å²) in [6, 6.07) is 5.93. The molecule has 1 aromatic rings. The van der Waals surface area contributed by atoms with Crippen LogP contribution in [0.15, 0.2) is 18.2 Å². The van der Waals surface area contributed by atoms with Crippen LogP contribution in [0.25, 0.3) is 0 Å². The first-order valence-corrected chi connectivity index (χ1v) is 9.36. The maximum Gasteiger partial charge on any atom is 0.161 e. The first-order chi connectivity index (χ1) is 12.5. The zero-order valence-electron chi connectivity index (χ0n) is 16.4. The number of aliphatic hydroxyl groups is 1. The molecule has 1 aliphatic rings. The summed E-state index contributed by atoms with van der Waals surface area (Å²) in [5.41, 5.74) is 1.11. The Balaban J connectivity index is 2.02. The fraction of sp³-hybridized carbons (Fsp3) is 0.700. The third-order valence-corrected chi connectivity index (χ3v) is 4.43. The van der Waals surface area contributed by atoms with Crippen LogP contribution in [0.3, 0.4) is 0 Å². The van der Waals surface area contributed by atoms with Crippen LogP contribution in [-0.4, -0.2) is 68.8 Å². The van der Waals surface area contributed by atoms with Gasteiger partial charge in [0.25, 0.3) is 0 Å². The van der Waals surface area contributed by atoms with Gasteiger partial charge in [0.05, 0.1) is 39.1 Å². The second kappa shape index (κ2) is 10.7. The maximum absolute atomic E-state index is 10.4. The van der Waals surface area contributed by atoms with Crippen molar-refractivity contribution in [2.45, 2.75) is 51.5 Å². The topological polar surface area (TPSA) is 60.4 Å². The summed E-state index contributed by atoms with van der Waals surface area (Å²) < 4.78 is 22.0. The lowest BCUT2D eigenvalue weighted by atomic mass is 10.1. The van der Waals surface area contributed by atoms with Gasteiger partial charge in [-0.3, -0.25) is 4.90 Å². The molecule has 0 amide bonds. The number of ether oxygens (including phenoxy) is 4. The van der Waals surface area contributed by atoms with Gasteiger partial charge in [-0.2, -0.15) is 0 Å². The molecule has 26 heavy (non-hydrogen) atoms. The molecular weight excluding hydrogens is 334 g/mol.